The average molecular weight is 458 g/mol. The minimum Gasteiger partial charge on any atom is -0.497 e. The Bertz CT molecular complexity index is 1290. The van der Waals surface area contributed by atoms with Gasteiger partial charge in [-0.1, -0.05) is 24.3 Å². The first-order valence-corrected chi connectivity index (χ1v) is 10.9. The molecule has 4 aromatic rings. The molecule has 174 valence electrons. The summed E-state index contributed by atoms with van der Waals surface area (Å²) in [6.45, 7) is 5.27. The van der Waals surface area contributed by atoms with Crippen molar-refractivity contribution in [1.82, 2.24) is 15.0 Å². The van der Waals surface area contributed by atoms with Crippen LogP contribution in [0.2, 0.25) is 0 Å². The second-order valence-electron chi connectivity index (χ2n) is 8.77. The minimum absolute atomic E-state index is 0.0461. The van der Waals surface area contributed by atoms with Crippen LogP contribution in [0.1, 0.15) is 19.4 Å². The lowest BCUT2D eigenvalue weighted by Crippen LogP contribution is -2.30. The van der Waals surface area contributed by atoms with E-state index in [-0.39, 0.29) is 6.61 Å². The highest BCUT2D eigenvalue weighted by molar-refractivity contribution is 5.74. The van der Waals surface area contributed by atoms with E-state index >= 15 is 0 Å². The third-order valence-corrected chi connectivity index (χ3v) is 5.69. The molecule has 0 saturated carbocycles. The van der Waals surface area contributed by atoms with Crippen LogP contribution in [0.25, 0.3) is 33.8 Å². The molecule has 4 rings (SSSR count). The maximum atomic E-state index is 11.3. The van der Waals surface area contributed by atoms with Crippen LogP contribution in [0.3, 0.4) is 0 Å². The van der Waals surface area contributed by atoms with Crippen LogP contribution in [0.4, 0.5) is 0 Å². The van der Waals surface area contributed by atoms with Gasteiger partial charge in [0, 0.05) is 23.4 Å². The molecular weight excluding hydrogens is 430 g/mol. The van der Waals surface area contributed by atoms with Crippen LogP contribution < -0.4 is 9.47 Å². The summed E-state index contributed by atoms with van der Waals surface area (Å²) in [7, 11) is 1.65. The zero-order valence-corrected chi connectivity index (χ0v) is 19.6. The zero-order valence-electron chi connectivity index (χ0n) is 19.6. The Balaban J connectivity index is 1.48. The van der Waals surface area contributed by atoms with Crippen LogP contribution in [0.5, 0.6) is 11.6 Å². The van der Waals surface area contributed by atoms with E-state index in [1.54, 1.807) is 27.2 Å². The Hall–Kier alpha value is -4.13. The van der Waals surface area contributed by atoms with Crippen LogP contribution in [0, 0.1) is 12.3 Å². The third kappa shape index (κ3) is 4.93. The smallest absolute Gasteiger partial charge is 0.312 e. The Labute approximate surface area is 198 Å². The second kappa shape index (κ2) is 9.39. The van der Waals surface area contributed by atoms with Crippen LogP contribution in [-0.2, 0) is 4.79 Å². The van der Waals surface area contributed by atoms with Crippen molar-refractivity contribution in [3.8, 4) is 45.4 Å². The van der Waals surface area contributed by atoms with Crippen LogP contribution in [0.15, 0.2) is 67.0 Å². The van der Waals surface area contributed by atoms with E-state index in [9.17, 15) is 9.90 Å². The van der Waals surface area contributed by atoms with Crippen molar-refractivity contribution in [3.63, 3.8) is 0 Å². The minimum atomic E-state index is -0.983. The molecule has 0 aliphatic carbocycles. The first-order valence-electron chi connectivity index (χ1n) is 10.9. The van der Waals surface area contributed by atoms with E-state index in [2.05, 4.69) is 15.0 Å². The van der Waals surface area contributed by atoms with Crippen molar-refractivity contribution in [2.24, 2.45) is 5.41 Å². The molecule has 34 heavy (non-hydrogen) atoms. The van der Waals surface area contributed by atoms with E-state index in [4.69, 9.17) is 9.47 Å². The van der Waals surface area contributed by atoms with Gasteiger partial charge in [0.1, 0.15) is 18.2 Å². The maximum Gasteiger partial charge on any atom is 0.312 e. The van der Waals surface area contributed by atoms with Crippen molar-refractivity contribution < 1.29 is 19.4 Å². The molecule has 0 aliphatic rings. The van der Waals surface area contributed by atoms with Gasteiger partial charge in [0.25, 0.3) is 0 Å². The quantitative estimate of drug-likeness (QED) is 0.357. The molecule has 2 heterocycles. The molecule has 0 bridgehead atoms. The number of aryl methyl sites for hydroxylation is 1. The van der Waals surface area contributed by atoms with Crippen molar-refractivity contribution in [1.29, 1.82) is 0 Å². The number of imidazole rings is 1. The number of rotatable bonds is 8. The highest BCUT2D eigenvalue weighted by Crippen LogP contribution is 2.29. The molecule has 0 radical (unpaired) electrons. The lowest BCUT2D eigenvalue weighted by molar-refractivity contribution is -0.148. The van der Waals surface area contributed by atoms with Gasteiger partial charge in [-0.2, -0.15) is 0 Å². The molecule has 7 nitrogen and oxygen atoms in total. The maximum absolute atomic E-state index is 11.3. The number of carboxylic acids is 1. The molecule has 0 aliphatic heterocycles. The standard InChI is InChI=1S/C27H27N3O4/c1-17-13-24(34-16-27(2,3)26(31)32)28-14-22(17)18-5-7-20(8-6-18)25-29-15-23(30-25)19-9-11-21(33-4)12-10-19/h5-15H,16H2,1-4H3,(H,29,30)(H,31,32). The number of aliphatic carboxylic acids is 1. The molecular formula is C27H27N3O4. The zero-order chi connectivity index (χ0) is 24.3. The summed E-state index contributed by atoms with van der Waals surface area (Å²) in [6, 6.07) is 17.8. The Morgan fingerprint density at radius 2 is 1.62 bits per heavy atom. The van der Waals surface area contributed by atoms with E-state index < -0.39 is 11.4 Å². The summed E-state index contributed by atoms with van der Waals surface area (Å²) in [6.07, 6.45) is 3.58. The number of hydrogen-bond donors (Lipinski definition) is 2. The molecule has 2 aromatic heterocycles. The van der Waals surface area contributed by atoms with Gasteiger partial charge in [0.15, 0.2) is 0 Å². The summed E-state index contributed by atoms with van der Waals surface area (Å²) in [4.78, 5) is 23.5. The second-order valence-corrected chi connectivity index (χ2v) is 8.77. The highest BCUT2D eigenvalue weighted by atomic mass is 16.5. The van der Waals surface area contributed by atoms with Gasteiger partial charge in [-0.15, -0.1) is 0 Å². The SMILES string of the molecule is COc1ccc(-c2cnc(-c3ccc(-c4cnc(OCC(C)(C)C(=O)O)cc4C)cc3)[nH]2)cc1. The van der Waals surface area contributed by atoms with Crippen LogP contribution >= 0.6 is 0 Å². The third-order valence-electron chi connectivity index (χ3n) is 5.69. The van der Waals surface area contributed by atoms with E-state index in [0.717, 1.165) is 45.1 Å². The van der Waals surface area contributed by atoms with Gasteiger partial charge >= 0.3 is 5.97 Å². The molecule has 2 N–H and O–H groups in total. The largest absolute Gasteiger partial charge is 0.497 e. The molecule has 0 unspecified atom stereocenters. The number of pyridine rings is 1. The average Bonchev–Trinajstić information content (AvgIpc) is 3.33. The first-order chi connectivity index (χ1) is 16.3. The number of ether oxygens (including phenoxy) is 2. The number of nitrogens with zero attached hydrogens (tertiary/aromatic N) is 2. The van der Waals surface area contributed by atoms with Crippen molar-refractivity contribution in [2.45, 2.75) is 20.8 Å². The monoisotopic (exact) mass is 457 g/mol. The summed E-state index contributed by atoms with van der Waals surface area (Å²) in [5.74, 6) is 1.10. The number of aromatic amines is 1. The number of hydrogen-bond acceptors (Lipinski definition) is 5. The van der Waals surface area contributed by atoms with Crippen molar-refractivity contribution in [2.75, 3.05) is 13.7 Å². The van der Waals surface area contributed by atoms with E-state index in [1.165, 1.54) is 0 Å². The lowest BCUT2D eigenvalue weighted by atomic mass is 9.95. The summed E-state index contributed by atoms with van der Waals surface area (Å²) >= 11 is 0. The van der Waals surface area contributed by atoms with Gasteiger partial charge in [0.05, 0.1) is 24.4 Å². The highest BCUT2D eigenvalue weighted by Gasteiger charge is 2.28. The number of nitrogens with one attached hydrogen (secondary N) is 1. The fourth-order valence-electron chi connectivity index (χ4n) is 3.42. The fraction of sp³-hybridized carbons (Fsp3) is 0.222. The molecule has 0 saturated heterocycles. The number of aromatic nitrogens is 3. The first kappa shape index (κ1) is 23.0. The van der Waals surface area contributed by atoms with E-state index in [1.807, 2.05) is 67.7 Å². The summed E-state index contributed by atoms with van der Waals surface area (Å²) in [5.41, 5.74) is 4.96. The van der Waals surface area contributed by atoms with Crippen molar-refractivity contribution in [3.05, 3.63) is 72.6 Å². The number of carboxylic acid groups (broad SMARTS) is 1. The summed E-state index contributed by atoms with van der Waals surface area (Å²) in [5, 5.41) is 9.24. The number of H-pyrrole nitrogens is 1. The van der Waals surface area contributed by atoms with Gasteiger partial charge in [-0.25, -0.2) is 9.97 Å². The van der Waals surface area contributed by atoms with Gasteiger partial charge in [-0.05, 0) is 61.7 Å². The predicted octanol–water partition coefficient (Wildman–Crippen LogP) is 5.61. The van der Waals surface area contributed by atoms with Gasteiger partial charge in [0.2, 0.25) is 5.88 Å². The Morgan fingerprint density at radius 1 is 0.971 bits per heavy atom. The normalized spacial score (nSPS) is 11.3. The number of methoxy groups -OCH3 is 1. The molecule has 0 atom stereocenters. The number of carbonyl (C=O) groups is 1. The molecule has 2 aromatic carbocycles. The van der Waals surface area contributed by atoms with Crippen molar-refractivity contribution >= 4 is 5.97 Å². The number of benzene rings is 2. The Morgan fingerprint density at radius 3 is 2.24 bits per heavy atom. The molecule has 0 spiro atoms. The molecule has 0 fully saturated rings. The fourth-order valence-corrected chi connectivity index (χ4v) is 3.42. The predicted molar refractivity (Wildman–Crippen MR) is 131 cm³/mol. The van der Waals surface area contributed by atoms with Crippen LogP contribution in [-0.4, -0.2) is 39.7 Å². The molecule has 7 heteroatoms. The Kier molecular flexibility index (Phi) is 6.36. The van der Waals surface area contributed by atoms with E-state index in [0.29, 0.717) is 5.88 Å². The lowest BCUT2D eigenvalue weighted by Gasteiger charge is -2.19. The van der Waals surface area contributed by atoms with Gasteiger partial charge in [-0.3, -0.25) is 4.79 Å². The molecule has 0 amide bonds. The van der Waals surface area contributed by atoms with Gasteiger partial charge < -0.3 is 19.6 Å². The topological polar surface area (TPSA) is 97.3 Å². The summed E-state index contributed by atoms with van der Waals surface area (Å²) < 4.78 is 10.8.